The summed E-state index contributed by atoms with van der Waals surface area (Å²) in [6.45, 7) is 1.84. The molecule has 2 aromatic carbocycles. The fourth-order valence-electron chi connectivity index (χ4n) is 3.98. The summed E-state index contributed by atoms with van der Waals surface area (Å²) in [6.07, 6.45) is -1.43. The van der Waals surface area contributed by atoms with Crippen LogP contribution in [0.4, 0.5) is 24.7 Å². The Morgan fingerprint density at radius 1 is 1.09 bits per heavy atom. The van der Waals surface area contributed by atoms with Crippen LogP contribution in [-0.4, -0.2) is 21.6 Å². The van der Waals surface area contributed by atoms with E-state index in [0.29, 0.717) is 28.6 Å². The molecule has 1 fully saturated rings. The van der Waals surface area contributed by atoms with Crippen LogP contribution >= 0.6 is 23.2 Å². The van der Waals surface area contributed by atoms with Crippen molar-refractivity contribution in [1.82, 2.24) is 15.1 Å². The van der Waals surface area contributed by atoms with Crippen LogP contribution in [0.25, 0.3) is 0 Å². The van der Waals surface area contributed by atoms with Crippen LogP contribution in [-0.2, 0) is 6.18 Å². The molecule has 184 valence electrons. The zero-order valence-electron chi connectivity index (χ0n) is 18.7. The molecule has 4 rings (SSSR count). The number of hydrogen-bond acceptors (Lipinski definition) is 3. The number of halogens is 5. The Labute approximate surface area is 210 Å². The van der Waals surface area contributed by atoms with E-state index in [-0.39, 0.29) is 23.4 Å². The van der Waals surface area contributed by atoms with Crippen molar-refractivity contribution in [3.05, 3.63) is 75.4 Å². The van der Waals surface area contributed by atoms with Crippen LogP contribution in [0.1, 0.15) is 53.3 Å². The maximum absolute atomic E-state index is 13.5. The Bertz CT molecular complexity index is 1250. The second-order valence-electron chi connectivity index (χ2n) is 8.34. The van der Waals surface area contributed by atoms with E-state index >= 15 is 0 Å². The van der Waals surface area contributed by atoms with E-state index in [1.807, 2.05) is 6.92 Å². The predicted octanol–water partition coefficient (Wildman–Crippen LogP) is 7.16. The van der Waals surface area contributed by atoms with Crippen LogP contribution in [0.15, 0.2) is 53.5 Å². The first-order valence-corrected chi connectivity index (χ1v) is 11.7. The quantitative estimate of drug-likeness (QED) is 0.281. The Morgan fingerprint density at radius 3 is 2.49 bits per heavy atom. The van der Waals surface area contributed by atoms with Crippen molar-refractivity contribution >= 4 is 46.6 Å². The Hall–Kier alpha value is -3.04. The molecule has 2 N–H and O–H groups in total. The fourth-order valence-corrected chi connectivity index (χ4v) is 4.46. The number of nitrogens with zero attached hydrogens (tertiary/aromatic N) is 3. The molecule has 0 radical (unpaired) electrons. The number of guanidine groups is 1. The van der Waals surface area contributed by atoms with Gasteiger partial charge in [0.1, 0.15) is 0 Å². The molecule has 35 heavy (non-hydrogen) atoms. The van der Waals surface area contributed by atoms with Gasteiger partial charge in [-0.1, -0.05) is 42.1 Å². The monoisotopic (exact) mass is 523 g/mol. The maximum Gasteiger partial charge on any atom is 0.435 e. The minimum Gasteiger partial charge on any atom is -0.326 e. The van der Waals surface area contributed by atoms with E-state index < -0.39 is 17.8 Å². The SMILES string of the molecule is Cc1cc(Cl)cc(NC(=Nc2cc(C(F)(F)F)nn2C2CCCC2)NC(=O)c2cccc(Cl)c2)c1. The van der Waals surface area contributed by atoms with Gasteiger partial charge in [0.2, 0.25) is 5.96 Å². The Kier molecular flexibility index (Phi) is 7.37. The van der Waals surface area contributed by atoms with Crippen LogP contribution in [0, 0.1) is 6.92 Å². The highest BCUT2D eigenvalue weighted by Crippen LogP contribution is 2.37. The summed E-state index contributed by atoms with van der Waals surface area (Å²) >= 11 is 12.2. The third kappa shape index (κ3) is 6.35. The third-order valence-electron chi connectivity index (χ3n) is 5.53. The lowest BCUT2D eigenvalue weighted by Gasteiger charge is -2.15. The van der Waals surface area contributed by atoms with Crippen molar-refractivity contribution in [3.8, 4) is 0 Å². The first-order chi connectivity index (χ1) is 16.6. The Balaban J connectivity index is 1.75. The standard InChI is InChI=1S/C24H22Cl2F3N5O/c1-14-9-17(26)12-18(10-14)30-23(32-22(35)15-5-4-6-16(25)11-15)31-21-13-20(24(27,28)29)33-34(21)19-7-2-3-8-19/h4-6,9-13,19H,2-3,7-8H2,1H3,(H2,30,31,32,35). The molecule has 0 saturated heterocycles. The molecule has 11 heteroatoms. The number of hydrogen-bond donors (Lipinski definition) is 2. The largest absolute Gasteiger partial charge is 0.435 e. The van der Waals surface area contributed by atoms with Crippen molar-refractivity contribution in [2.45, 2.75) is 44.8 Å². The lowest BCUT2D eigenvalue weighted by atomic mass is 10.2. The summed E-state index contributed by atoms with van der Waals surface area (Å²) in [5.74, 6) is -0.637. The van der Waals surface area contributed by atoms with Crippen LogP contribution in [0.3, 0.4) is 0 Å². The normalized spacial score (nSPS) is 14.9. The number of rotatable bonds is 4. The molecule has 6 nitrogen and oxygen atoms in total. The van der Waals surface area contributed by atoms with Gasteiger partial charge in [-0.15, -0.1) is 0 Å². The average Bonchev–Trinajstić information content (AvgIpc) is 3.42. The van der Waals surface area contributed by atoms with Gasteiger partial charge in [-0.05, 0) is 61.7 Å². The number of nitrogens with one attached hydrogen (secondary N) is 2. The van der Waals surface area contributed by atoms with Gasteiger partial charge in [-0.2, -0.15) is 23.3 Å². The van der Waals surface area contributed by atoms with E-state index in [1.165, 1.54) is 10.7 Å². The molecule has 1 amide bonds. The van der Waals surface area contributed by atoms with E-state index in [1.54, 1.807) is 36.4 Å². The maximum atomic E-state index is 13.5. The first-order valence-electron chi connectivity index (χ1n) is 10.9. The van der Waals surface area contributed by atoms with Crippen molar-refractivity contribution < 1.29 is 18.0 Å². The molecule has 1 aromatic heterocycles. The molecular formula is C24H22Cl2F3N5O. The number of aromatic nitrogens is 2. The van der Waals surface area contributed by atoms with Gasteiger partial charge >= 0.3 is 6.18 Å². The smallest absolute Gasteiger partial charge is 0.326 e. The molecular weight excluding hydrogens is 502 g/mol. The lowest BCUT2D eigenvalue weighted by Crippen LogP contribution is -2.36. The second kappa shape index (κ2) is 10.3. The number of benzene rings is 2. The van der Waals surface area contributed by atoms with Gasteiger partial charge < -0.3 is 5.32 Å². The second-order valence-corrected chi connectivity index (χ2v) is 9.21. The summed E-state index contributed by atoms with van der Waals surface area (Å²) in [5, 5.41) is 10.2. The third-order valence-corrected chi connectivity index (χ3v) is 5.98. The summed E-state index contributed by atoms with van der Waals surface area (Å²) in [6, 6.07) is 12.1. The van der Waals surface area contributed by atoms with Crippen LogP contribution in [0.5, 0.6) is 0 Å². The minimum atomic E-state index is -4.63. The predicted molar refractivity (Wildman–Crippen MR) is 131 cm³/mol. The molecule has 0 aliphatic heterocycles. The minimum absolute atomic E-state index is 0.0168. The number of anilines is 1. The number of carbonyl (C=O) groups is 1. The summed E-state index contributed by atoms with van der Waals surface area (Å²) in [4.78, 5) is 17.3. The fraction of sp³-hybridized carbons (Fsp3) is 0.292. The summed E-state index contributed by atoms with van der Waals surface area (Å²) < 4.78 is 41.7. The molecule has 0 bridgehead atoms. The topological polar surface area (TPSA) is 71.3 Å². The van der Waals surface area contributed by atoms with E-state index in [2.05, 4.69) is 20.7 Å². The molecule has 1 heterocycles. The number of aryl methyl sites for hydroxylation is 1. The van der Waals surface area contributed by atoms with Gasteiger partial charge in [0.05, 0.1) is 6.04 Å². The van der Waals surface area contributed by atoms with E-state index in [9.17, 15) is 18.0 Å². The van der Waals surface area contributed by atoms with Crippen molar-refractivity contribution in [1.29, 1.82) is 0 Å². The molecule has 3 aromatic rings. The number of aliphatic imine (C=N–C) groups is 1. The highest BCUT2D eigenvalue weighted by molar-refractivity contribution is 6.31. The summed E-state index contributed by atoms with van der Waals surface area (Å²) in [7, 11) is 0. The highest BCUT2D eigenvalue weighted by atomic mass is 35.5. The molecule has 1 aliphatic rings. The zero-order chi connectivity index (χ0) is 25.2. The average molecular weight is 524 g/mol. The van der Waals surface area contributed by atoms with Crippen molar-refractivity contribution in [2.75, 3.05) is 5.32 Å². The van der Waals surface area contributed by atoms with E-state index in [0.717, 1.165) is 24.5 Å². The first kappa shape index (κ1) is 25.1. The van der Waals surface area contributed by atoms with Gasteiger partial charge in [0.15, 0.2) is 11.5 Å². The van der Waals surface area contributed by atoms with E-state index in [4.69, 9.17) is 23.2 Å². The molecule has 1 saturated carbocycles. The van der Waals surface area contributed by atoms with Crippen LogP contribution in [0.2, 0.25) is 10.0 Å². The Morgan fingerprint density at radius 2 is 1.83 bits per heavy atom. The van der Waals surface area contributed by atoms with Gasteiger partial charge in [-0.3, -0.25) is 10.1 Å². The molecule has 0 unspecified atom stereocenters. The summed E-state index contributed by atoms with van der Waals surface area (Å²) in [5.41, 5.74) is 0.566. The number of carbonyl (C=O) groups excluding carboxylic acids is 1. The van der Waals surface area contributed by atoms with Crippen LogP contribution < -0.4 is 10.6 Å². The molecule has 1 aliphatic carbocycles. The molecule has 0 spiro atoms. The van der Waals surface area contributed by atoms with Gasteiger partial charge in [0, 0.05) is 27.4 Å². The van der Waals surface area contributed by atoms with Crippen molar-refractivity contribution in [3.63, 3.8) is 0 Å². The van der Waals surface area contributed by atoms with Gasteiger partial charge in [-0.25, -0.2) is 4.68 Å². The molecule has 0 atom stereocenters. The zero-order valence-corrected chi connectivity index (χ0v) is 20.2. The van der Waals surface area contributed by atoms with Crippen molar-refractivity contribution in [2.24, 2.45) is 4.99 Å². The number of amides is 1. The number of alkyl halides is 3. The highest BCUT2D eigenvalue weighted by Gasteiger charge is 2.36. The van der Waals surface area contributed by atoms with Gasteiger partial charge in [0.25, 0.3) is 5.91 Å². The lowest BCUT2D eigenvalue weighted by molar-refractivity contribution is -0.141.